The maximum Gasteiger partial charge on any atom is 0.161 e. The van der Waals surface area contributed by atoms with E-state index < -0.39 is 0 Å². The Morgan fingerprint density at radius 3 is 0.761 bits per heavy atom. The standard InChI is InChI=1S/C32H22N2O2.C30H18N2O2.C28H16N4O2.C20H20N4O2.Cu.2Pt.Zn/c1-17-19-13-7-15-25(31(19)35)30-24-12-6-4-10-22(24)28(34-30)18(2)20-14-8-16-26(32(20)36)29-23-11-5-3-9-21(23)27(17)33-29;33-29-17-7-5-14-24(29)28-22-12-4-2-10-20(22)26(32-28)16-18-8-6-13-23(30(18)34)27-21-11-3-1-9-19(21)25(15-17)31-27;33-25-19-11-5-13-21(25)30-28-18-10-4-2-8-16(18)24(32-28)20-12-6-14-22(26(20)34)29-27-17-9-3-1-7-15(17)23(19)31-27;1-11-15-7-5-9-17(19(15)25)24-14(4)22-12(2)16-8-6-10-18(20(16)26)23-13(3)21-11;;;;/h3-16,35-36H,1-2H3;1-16,33-34H;1-14,33-34H;5-10,25-26H,1-4H3;;;;. The zero-order chi connectivity index (χ0) is 89.0. The summed E-state index contributed by atoms with van der Waals surface area (Å²) in [5, 5.41) is 97.1. The van der Waals surface area contributed by atoms with E-state index in [1.54, 1.807) is 64.1 Å². The molecule has 8 N–H and O–H groups in total. The molecule has 18 aromatic rings. The van der Waals surface area contributed by atoms with Crippen molar-refractivity contribution in [3.05, 3.63) is 337 Å². The Morgan fingerprint density at radius 2 is 0.418 bits per heavy atom. The van der Waals surface area contributed by atoms with Crippen LogP contribution in [0.4, 0.5) is 0 Å². The fourth-order valence-corrected chi connectivity index (χ4v) is 18.0. The molecule has 10 heterocycles. The second-order valence-electron chi connectivity index (χ2n) is 32.2. The van der Waals surface area contributed by atoms with Crippen LogP contribution in [0.25, 0.3) is 222 Å². The summed E-state index contributed by atoms with van der Waals surface area (Å²) in [7, 11) is 0. The minimum absolute atomic E-state index is 0. The molecule has 6 aliphatic rings. The van der Waals surface area contributed by atoms with E-state index in [-0.39, 0.29) is 125 Å². The van der Waals surface area contributed by atoms with Crippen LogP contribution in [-0.2, 0) is 78.7 Å². The Hall–Kier alpha value is -15.0. The van der Waals surface area contributed by atoms with Crippen molar-refractivity contribution in [1.82, 2.24) is 59.8 Å². The second-order valence-corrected chi connectivity index (χ2v) is 32.2. The molecule has 6 aliphatic heterocycles. The van der Waals surface area contributed by atoms with Crippen molar-refractivity contribution in [3.8, 4) is 181 Å². The average Bonchev–Trinajstić information content (AvgIpc) is 1.60. The molecule has 0 unspecified atom stereocenters. The number of phenolic OH excluding ortho intramolecular Hbond substituents is 8. The van der Waals surface area contributed by atoms with Crippen LogP contribution in [0.2, 0.25) is 0 Å². The minimum atomic E-state index is 0. The van der Waals surface area contributed by atoms with Crippen LogP contribution >= 0.6 is 0 Å². The molecule has 28 bridgehead atoms. The molecular weight excluding hydrogens is 2140 g/mol. The van der Waals surface area contributed by atoms with Crippen molar-refractivity contribution in [2.45, 2.75) is 41.5 Å². The van der Waals surface area contributed by atoms with Crippen molar-refractivity contribution in [2.24, 2.45) is 0 Å². The number of fused-ring (bicyclic) bond motifs is 52. The molecule has 0 atom stereocenters. The Labute approximate surface area is 819 Å². The predicted octanol–water partition coefficient (Wildman–Crippen LogP) is 24.8. The molecule has 20 nitrogen and oxygen atoms in total. The van der Waals surface area contributed by atoms with Crippen LogP contribution in [0.5, 0.6) is 46.0 Å². The van der Waals surface area contributed by atoms with Crippen LogP contribution in [0.3, 0.4) is 0 Å². The number of aromatic hydroxyl groups is 8. The summed E-state index contributed by atoms with van der Waals surface area (Å²) in [4.78, 5) is 56.7. The maximum absolute atomic E-state index is 11.6. The summed E-state index contributed by atoms with van der Waals surface area (Å²) in [6, 6.07) is 95.7. The van der Waals surface area contributed by atoms with E-state index in [0.717, 1.165) is 112 Å². The van der Waals surface area contributed by atoms with Gasteiger partial charge >= 0.3 is 0 Å². The van der Waals surface area contributed by atoms with E-state index in [4.69, 9.17) is 39.9 Å². The first-order chi connectivity index (χ1) is 63.3. The van der Waals surface area contributed by atoms with E-state index in [0.29, 0.717) is 144 Å². The minimum Gasteiger partial charge on any atom is -0.507 e. The quantitative estimate of drug-likeness (QED) is 0.0654. The Kier molecular flexibility index (Phi) is 25.1. The van der Waals surface area contributed by atoms with Gasteiger partial charge in [0.15, 0.2) is 23.1 Å². The molecule has 0 saturated heterocycles. The summed E-state index contributed by atoms with van der Waals surface area (Å²) in [6.45, 7) is 11.0. The molecule has 134 heavy (non-hydrogen) atoms. The van der Waals surface area contributed by atoms with Crippen molar-refractivity contribution < 1.29 is 120 Å². The summed E-state index contributed by atoms with van der Waals surface area (Å²) in [6.07, 6.45) is 0. The molecule has 14 aromatic carbocycles. The molecule has 0 fully saturated rings. The van der Waals surface area contributed by atoms with Crippen molar-refractivity contribution in [3.63, 3.8) is 0 Å². The smallest absolute Gasteiger partial charge is 0.161 e. The number of aryl methyl sites for hydroxylation is 6. The largest absolute Gasteiger partial charge is 0.507 e. The SMILES string of the molecule is Cc1c2nc(c3cccc(c(C)c4nc(c5cccc1c5O)-c1ccccc1-4)c3O)-c1ccccc1-2.Cc1nc(C)c2cccc(nc(C)nc(C)c3cccc(n1)c3O)c2O.Oc1c2cccc1c1nc(cc3cccc(c4nc(c2)-c2ccccc2-4)c3O)-c2ccccc2-1.Oc1c2cccc1c1nc(nc3cccc(c4nc(n2)-c2ccccc2-4)c3O)-c2ccccc2-1.[Cu].[Pt].[Pt].[Zn]. The third kappa shape index (κ3) is 15.9. The van der Waals surface area contributed by atoms with Gasteiger partial charge in [0.1, 0.15) is 68.2 Å². The Bertz CT molecular complexity index is 7810. The van der Waals surface area contributed by atoms with Crippen LogP contribution in [0.15, 0.2) is 303 Å². The van der Waals surface area contributed by atoms with Crippen LogP contribution in [-0.4, -0.2) is 101 Å². The number of phenols is 8. The summed E-state index contributed by atoms with van der Waals surface area (Å²) in [5.74, 6) is 2.75. The Balaban J connectivity index is 0.000000124. The first kappa shape index (κ1) is 90.9. The van der Waals surface area contributed by atoms with Crippen molar-refractivity contribution in [1.29, 1.82) is 0 Å². The number of hydrogen-bond acceptors (Lipinski definition) is 20. The van der Waals surface area contributed by atoms with Gasteiger partial charge in [-0.05, 0) is 138 Å². The van der Waals surface area contributed by atoms with Gasteiger partial charge in [-0.2, -0.15) is 0 Å². The van der Waals surface area contributed by atoms with E-state index in [1.165, 1.54) is 0 Å². The van der Waals surface area contributed by atoms with Gasteiger partial charge in [-0.15, -0.1) is 0 Å². The van der Waals surface area contributed by atoms with Crippen LogP contribution < -0.4 is 0 Å². The average molecular weight is 2210 g/mol. The van der Waals surface area contributed by atoms with Crippen molar-refractivity contribution in [2.75, 3.05) is 0 Å². The van der Waals surface area contributed by atoms with Gasteiger partial charge in [-0.3, -0.25) is 0 Å². The molecule has 1 radical (unpaired) electrons. The molecule has 0 saturated carbocycles. The van der Waals surface area contributed by atoms with Crippen LogP contribution in [0.1, 0.15) is 34.2 Å². The maximum atomic E-state index is 11.6. The van der Waals surface area contributed by atoms with E-state index in [2.05, 4.69) is 19.9 Å². The number of benzene rings is 14. The third-order valence-electron chi connectivity index (χ3n) is 24.3. The third-order valence-corrected chi connectivity index (χ3v) is 24.3. The number of aromatic nitrogens is 12. The molecule has 24 rings (SSSR count). The van der Waals surface area contributed by atoms with Crippen molar-refractivity contribution >= 4 is 86.7 Å². The first-order valence-electron chi connectivity index (χ1n) is 42.2. The van der Waals surface area contributed by atoms with E-state index in [9.17, 15) is 40.9 Å². The Morgan fingerprint density at radius 1 is 0.187 bits per heavy atom. The molecule has 0 spiro atoms. The van der Waals surface area contributed by atoms with Gasteiger partial charge in [0.05, 0.1) is 68.3 Å². The zero-order valence-corrected chi connectivity index (χ0v) is 80.9. The zero-order valence-electron chi connectivity index (χ0n) is 72.5. The van der Waals surface area contributed by atoms with E-state index in [1.807, 2.05) is 281 Å². The van der Waals surface area contributed by atoms with Gasteiger partial charge in [0, 0.05) is 210 Å². The molecule has 24 heteroatoms. The summed E-state index contributed by atoms with van der Waals surface area (Å²) >= 11 is 0. The van der Waals surface area contributed by atoms with Gasteiger partial charge in [0.2, 0.25) is 0 Å². The fraction of sp³-hybridized carbons (Fsp3) is 0.0545. The monoisotopic (exact) mass is 2210 g/mol. The van der Waals surface area contributed by atoms with Gasteiger partial charge in [-0.1, -0.05) is 218 Å². The molecule has 657 valence electrons. The van der Waals surface area contributed by atoms with Gasteiger partial charge < -0.3 is 40.9 Å². The number of hydrogen-bond donors (Lipinski definition) is 8. The number of rotatable bonds is 0. The predicted molar refractivity (Wildman–Crippen MR) is 513 cm³/mol. The van der Waals surface area contributed by atoms with Crippen LogP contribution in [0, 0.1) is 41.5 Å². The van der Waals surface area contributed by atoms with E-state index >= 15 is 0 Å². The number of para-hydroxylation sites is 8. The molecule has 4 aromatic heterocycles. The summed E-state index contributed by atoms with van der Waals surface area (Å²) < 4.78 is 0. The van der Waals surface area contributed by atoms with Gasteiger partial charge in [-0.25, -0.2) is 59.8 Å². The first-order valence-corrected chi connectivity index (χ1v) is 42.2. The van der Waals surface area contributed by atoms with Gasteiger partial charge in [0.25, 0.3) is 0 Å². The molecule has 0 amide bonds. The summed E-state index contributed by atoms with van der Waals surface area (Å²) in [5.41, 5.74) is 22.8. The normalized spacial score (nSPS) is 11.2. The number of nitrogens with zero attached hydrogens (tertiary/aromatic N) is 12. The fourth-order valence-electron chi connectivity index (χ4n) is 18.0. The molecular formula is C110H76CuN12O8Pt2Zn. The molecule has 0 aliphatic carbocycles. The second kappa shape index (κ2) is 37.0. The topological polar surface area (TPSA) is 317 Å².